The lowest BCUT2D eigenvalue weighted by Crippen LogP contribution is -2.58. The Hall–Kier alpha value is -3.55. The minimum absolute atomic E-state index is 0.0168. The Bertz CT molecular complexity index is 1490. The third-order valence-corrected chi connectivity index (χ3v) is 14.3. The highest BCUT2D eigenvalue weighted by Crippen LogP contribution is 2.59. The number of aromatic hydroxyl groups is 2. The molecular weight excluding hydrogens is 741 g/mol. The number of phenols is 2. The Morgan fingerprint density at radius 3 is 1.51 bits per heavy atom. The van der Waals surface area contributed by atoms with Gasteiger partial charge in [0.1, 0.15) is 22.7 Å². The van der Waals surface area contributed by atoms with E-state index < -0.39 is 5.41 Å². The normalized spacial score (nSPS) is 25.2. The van der Waals surface area contributed by atoms with E-state index in [4.69, 9.17) is 24.4 Å². The number of carbonyl (C=O) groups is 3. The molecule has 5 saturated carbocycles. The molecule has 0 spiro atoms. The van der Waals surface area contributed by atoms with Crippen LogP contribution in [0.15, 0.2) is 48.5 Å². The lowest BCUT2D eigenvalue weighted by molar-refractivity contribution is -0.208. The summed E-state index contributed by atoms with van der Waals surface area (Å²) in [6, 6.07) is 14.9. The lowest BCUT2D eigenvalue weighted by Gasteiger charge is -2.59. The molecule has 4 bridgehead atoms. The molecule has 0 radical (unpaired) electrons. The predicted octanol–water partition coefficient (Wildman–Crippen LogP) is 12.8. The highest BCUT2D eigenvalue weighted by molar-refractivity contribution is 5.80. The van der Waals surface area contributed by atoms with Gasteiger partial charge in [-0.25, -0.2) is 4.79 Å². The van der Waals surface area contributed by atoms with E-state index in [-0.39, 0.29) is 41.6 Å². The monoisotopic (exact) mass is 821 g/mol. The van der Waals surface area contributed by atoms with Gasteiger partial charge < -0.3 is 24.4 Å². The molecule has 3 unspecified atom stereocenters. The summed E-state index contributed by atoms with van der Waals surface area (Å²) in [7, 11) is 0. The van der Waals surface area contributed by atoms with Gasteiger partial charge in [-0.1, -0.05) is 79.2 Å². The second-order valence-corrected chi connectivity index (χ2v) is 19.3. The highest BCUT2D eigenvalue weighted by Gasteiger charge is 2.57. The molecule has 8 heteroatoms. The van der Waals surface area contributed by atoms with E-state index in [0.29, 0.717) is 41.6 Å². The first kappa shape index (κ1) is 49.8. The first-order valence-corrected chi connectivity index (χ1v) is 23.0. The molecule has 5 aliphatic rings. The number of hydrogen-bond donors (Lipinski definition) is 2. The van der Waals surface area contributed by atoms with Gasteiger partial charge in [0.15, 0.2) is 6.61 Å². The fourth-order valence-electron chi connectivity index (χ4n) is 9.01. The van der Waals surface area contributed by atoms with E-state index in [1.165, 1.54) is 62.5 Å². The Labute approximate surface area is 357 Å². The van der Waals surface area contributed by atoms with E-state index in [1.54, 1.807) is 24.3 Å². The lowest BCUT2D eigenvalue weighted by atomic mass is 9.50. The predicted molar refractivity (Wildman–Crippen MR) is 237 cm³/mol. The Balaban J connectivity index is 0.000000223. The van der Waals surface area contributed by atoms with Crippen LogP contribution in [0.2, 0.25) is 0 Å². The second-order valence-electron chi connectivity index (χ2n) is 19.3. The van der Waals surface area contributed by atoms with Crippen molar-refractivity contribution in [2.24, 2.45) is 35.0 Å². The molecule has 59 heavy (non-hydrogen) atoms. The van der Waals surface area contributed by atoms with Crippen molar-refractivity contribution in [1.29, 1.82) is 0 Å². The van der Waals surface area contributed by atoms with Crippen LogP contribution in [-0.2, 0) is 28.6 Å². The number of rotatable bonds is 12. The van der Waals surface area contributed by atoms with Gasteiger partial charge in [0.05, 0.1) is 11.3 Å². The number of phenolic OH excluding ortho intramolecular Hbond substituents is 2. The van der Waals surface area contributed by atoms with Crippen LogP contribution in [0.25, 0.3) is 0 Å². The zero-order valence-electron chi connectivity index (χ0n) is 38.6. The summed E-state index contributed by atoms with van der Waals surface area (Å²) in [6.07, 6.45) is 15.8. The standard InChI is InChI=1S/C19H30O4.C12H22O2.2C10H14O/c1-5-18(2,3)17(21)22-11-16(20)23-19(4)14-7-12-6-13(9-14)10-15(19)8-12;1-4-10(2)11(13)14-12(3)8-6-5-7-9-12;2*1-3-8(2)9-4-6-10(11)7-5-9/h12-15H,5-11H2,1-4H3;10H,4-9H2,1-3H3;2*4-8,11H,3H2,1-2H3. The van der Waals surface area contributed by atoms with Crippen LogP contribution in [0, 0.1) is 35.0 Å². The number of carbonyl (C=O) groups excluding carboxylic acids is 3. The number of esters is 3. The van der Waals surface area contributed by atoms with E-state index in [2.05, 4.69) is 41.5 Å². The molecule has 0 aromatic heterocycles. The average Bonchev–Trinajstić information content (AvgIpc) is 3.22. The maximum atomic E-state index is 12.3. The molecule has 0 heterocycles. The molecule has 2 aromatic rings. The van der Waals surface area contributed by atoms with Gasteiger partial charge in [-0.15, -0.1) is 0 Å². The van der Waals surface area contributed by atoms with Crippen molar-refractivity contribution < 1.29 is 38.8 Å². The molecule has 332 valence electrons. The molecule has 2 aromatic carbocycles. The molecule has 2 N–H and O–H groups in total. The third-order valence-electron chi connectivity index (χ3n) is 14.3. The van der Waals surface area contributed by atoms with Gasteiger partial charge in [0.25, 0.3) is 0 Å². The van der Waals surface area contributed by atoms with E-state index in [0.717, 1.165) is 43.9 Å². The SMILES string of the molecule is CCC(C)(C)C(=O)OCC(=O)OC1(C)C2CC3CC(C2)CC1C3.CCC(C)C(=O)OC1(C)CCCCC1.CCC(C)c1ccc(O)cc1.CCC(C)c1ccc(O)cc1. The topological polar surface area (TPSA) is 119 Å². The summed E-state index contributed by atoms with van der Waals surface area (Å²) in [4.78, 5) is 35.9. The first-order valence-electron chi connectivity index (χ1n) is 23.0. The first-order chi connectivity index (χ1) is 27.8. The van der Waals surface area contributed by atoms with Crippen LogP contribution in [0.3, 0.4) is 0 Å². The van der Waals surface area contributed by atoms with Crippen molar-refractivity contribution in [3.8, 4) is 11.5 Å². The highest BCUT2D eigenvalue weighted by atomic mass is 16.6. The van der Waals surface area contributed by atoms with Gasteiger partial charge in [-0.3, -0.25) is 9.59 Å². The summed E-state index contributed by atoms with van der Waals surface area (Å²) in [6.45, 7) is 22.2. The van der Waals surface area contributed by atoms with Crippen LogP contribution >= 0.6 is 0 Å². The number of hydrogen-bond acceptors (Lipinski definition) is 8. The van der Waals surface area contributed by atoms with Crippen molar-refractivity contribution in [1.82, 2.24) is 0 Å². The quantitative estimate of drug-likeness (QED) is 0.160. The average molecular weight is 821 g/mol. The van der Waals surface area contributed by atoms with Crippen molar-refractivity contribution >= 4 is 17.9 Å². The van der Waals surface area contributed by atoms with E-state index in [1.807, 2.05) is 58.9 Å². The fraction of sp³-hybridized carbons (Fsp3) is 0.706. The fourth-order valence-corrected chi connectivity index (χ4v) is 9.01. The van der Waals surface area contributed by atoms with Gasteiger partial charge in [0, 0.05) is 0 Å². The van der Waals surface area contributed by atoms with Crippen LogP contribution in [0.4, 0.5) is 0 Å². The largest absolute Gasteiger partial charge is 0.508 e. The maximum Gasteiger partial charge on any atom is 0.344 e. The van der Waals surface area contributed by atoms with E-state index in [9.17, 15) is 14.4 Å². The number of benzene rings is 2. The van der Waals surface area contributed by atoms with Crippen LogP contribution < -0.4 is 0 Å². The van der Waals surface area contributed by atoms with Crippen molar-refractivity contribution in [2.45, 2.75) is 189 Å². The third kappa shape index (κ3) is 14.8. The minimum atomic E-state index is -0.549. The van der Waals surface area contributed by atoms with Gasteiger partial charge in [-0.2, -0.15) is 0 Å². The van der Waals surface area contributed by atoms with Crippen LogP contribution in [-0.4, -0.2) is 45.9 Å². The summed E-state index contributed by atoms with van der Waals surface area (Å²) < 4.78 is 16.7. The summed E-state index contributed by atoms with van der Waals surface area (Å²) in [5, 5.41) is 18.0. The summed E-state index contributed by atoms with van der Waals surface area (Å²) >= 11 is 0. The molecule has 5 aliphatic carbocycles. The smallest absolute Gasteiger partial charge is 0.344 e. The molecule has 0 aliphatic heterocycles. The van der Waals surface area contributed by atoms with Crippen LogP contribution in [0.5, 0.6) is 11.5 Å². The van der Waals surface area contributed by atoms with Crippen molar-refractivity contribution in [3.63, 3.8) is 0 Å². The van der Waals surface area contributed by atoms with Crippen LogP contribution in [0.1, 0.15) is 189 Å². The molecule has 3 atom stereocenters. The maximum absolute atomic E-state index is 12.3. The molecule has 8 nitrogen and oxygen atoms in total. The molecule has 5 fully saturated rings. The van der Waals surface area contributed by atoms with Crippen molar-refractivity contribution in [3.05, 3.63) is 59.7 Å². The van der Waals surface area contributed by atoms with E-state index >= 15 is 0 Å². The molecular formula is C51H80O8. The number of ether oxygens (including phenoxy) is 3. The Morgan fingerprint density at radius 2 is 1.12 bits per heavy atom. The molecule has 0 amide bonds. The van der Waals surface area contributed by atoms with Gasteiger partial charge in [-0.05, 0) is 182 Å². The second kappa shape index (κ2) is 22.9. The Kier molecular flexibility index (Phi) is 19.3. The van der Waals surface area contributed by atoms with Gasteiger partial charge in [0.2, 0.25) is 0 Å². The molecule has 7 rings (SSSR count). The Morgan fingerprint density at radius 1 is 0.678 bits per heavy atom. The zero-order valence-corrected chi connectivity index (χ0v) is 38.6. The summed E-state index contributed by atoms with van der Waals surface area (Å²) in [5.74, 6) is 3.86. The zero-order chi connectivity index (χ0) is 44.0. The summed E-state index contributed by atoms with van der Waals surface area (Å²) in [5.41, 5.74) is 1.53. The minimum Gasteiger partial charge on any atom is -0.508 e. The molecule has 0 saturated heterocycles. The van der Waals surface area contributed by atoms with Crippen molar-refractivity contribution in [2.75, 3.05) is 6.61 Å². The van der Waals surface area contributed by atoms with Gasteiger partial charge >= 0.3 is 17.9 Å².